The Morgan fingerprint density at radius 2 is 1.66 bits per heavy atom. The van der Waals surface area contributed by atoms with E-state index < -0.39 is 6.09 Å². The maximum atomic E-state index is 12.1. The molecule has 178 valence electrons. The van der Waals surface area contributed by atoms with Gasteiger partial charge in [0, 0.05) is 17.1 Å². The van der Waals surface area contributed by atoms with E-state index in [1.54, 1.807) is 28.9 Å². The quantitative estimate of drug-likeness (QED) is 0.356. The van der Waals surface area contributed by atoms with Crippen molar-refractivity contribution in [1.29, 1.82) is 0 Å². The number of anilines is 3. The average molecular weight is 472 g/mol. The number of amides is 2. The van der Waals surface area contributed by atoms with Crippen molar-refractivity contribution in [2.75, 3.05) is 17.2 Å². The number of alkyl carbamates (subject to hydrolysis) is 1. The highest BCUT2D eigenvalue weighted by molar-refractivity contribution is 5.94. The van der Waals surface area contributed by atoms with Gasteiger partial charge in [0.2, 0.25) is 5.91 Å². The zero-order valence-electron chi connectivity index (χ0n) is 19.4. The van der Waals surface area contributed by atoms with Gasteiger partial charge in [-0.1, -0.05) is 30.3 Å². The van der Waals surface area contributed by atoms with Crippen molar-refractivity contribution in [3.05, 3.63) is 89.7 Å². The van der Waals surface area contributed by atoms with E-state index in [1.165, 1.54) is 0 Å². The highest BCUT2D eigenvalue weighted by Crippen LogP contribution is 2.18. The molecule has 4 aromatic rings. The topological polar surface area (TPSA) is 123 Å². The Kier molecular flexibility index (Phi) is 7.31. The Hall–Kier alpha value is -4.73. The number of aryl methyl sites for hydroxylation is 2. The first-order valence-electron chi connectivity index (χ1n) is 10.9. The van der Waals surface area contributed by atoms with E-state index in [1.807, 2.05) is 62.4 Å². The number of rotatable bonds is 8. The number of ether oxygens (including phenoxy) is 1. The summed E-state index contributed by atoms with van der Waals surface area (Å²) in [5.74, 6) is 0.843. The minimum absolute atomic E-state index is 0.137. The summed E-state index contributed by atoms with van der Waals surface area (Å²) >= 11 is 0. The minimum Gasteiger partial charge on any atom is -0.445 e. The standard InChI is InChI=1S/C25H25N7O3/c1-17-14-18(2)32(31-17)23-13-12-22(29-30-23)27-20-8-10-21(11-9-20)28-24(33)15-26-25(34)35-16-19-6-4-3-5-7-19/h3-14H,15-16H2,1-2H3,(H,26,34)(H,27,29)(H,28,33). The van der Waals surface area contributed by atoms with Crippen molar-refractivity contribution in [3.8, 4) is 5.82 Å². The Labute approximate surface area is 202 Å². The molecule has 4 rings (SSSR count). The second kappa shape index (κ2) is 10.9. The molecule has 2 amide bonds. The number of nitrogens with one attached hydrogen (secondary N) is 3. The van der Waals surface area contributed by atoms with Gasteiger partial charge in [-0.25, -0.2) is 9.48 Å². The minimum atomic E-state index is -0.659. The van der Waals surface area contributed by atoms with Gasteiger partial charge >= 0.3 is 6.09 Å². The van der Waals surface area contributed by atoms with E-state index in [0.717, 1.165) is 22.6 Å². The van der Waals surface area contributed by atoms with Crippen LogP contribution in [0, 0.1) is 13.8 Å². The number of carbonyl (C=O) groups excluding carboxylic acids is 2. The van der Waals surface area contributed by atoms with E-state index in [0.29, 0.717) is 17.3 Å². The van der Waals surface area contributed by atoms with Crippen LogP contribution in [0.3, 0.4) is 0 Å². The van der Waals surface area contributed by atoms with Crippen LogP contribution in [0.1, 0.15) is 17.0 Å². The number of aromatic nitrogens is 4. The Balaban J connectivity index is 1.23. The van der Waals surface area contributed by atoms with Crippen LogP contribution < -0.4 is 16.0 Å². The molecular weight excluding hydrogens is 446 g/mol. The molecule has 0 aliphatic heterocycles. The number of hydrogen-bond acceptors (Lipinski definition) is 7. The number of nitrogens with zero attached hydrogens (tertiary/aromatic N) is 4. The van der Waals surface area contributed by atoms with Gasteiger partial charge in [-0.05, 0) is 61.9 Å². The molecule has 0 saturated heterocycles. The van der Waals surface area contributed by atoms with Crippen molar-refractivity contribution >= 4 is 29.2 Å². The lowest BCUT2D eigenvalue weighted by Gasteiger charge is -2.10. The van der Waals surface area contributed by atoms with Gasteiger partial charge in [-0.15, -0.1) is 10.2 Å². The van der Waals surface area contributed by atoms with Crippen LogP contribution in [-0.4, -0.2) is 38.5 Å². The molecule has 0 radical (unpaired) electrons. The Bertz CT molecular complexity index is 1290. The van der Waals surface area contributed by atoms with Gasteiger partial charge in [-0.2, -0.15) is 5.10 Å². The summed E-state index contributed by atoms with van der Waals surface area (Å²) in [6.07, 6.45) is -0.659. The average Bonchev–Trinajstić information content (AvgIpc) is 3.21. The molecule has 2 aromatic carbocycles. The fourth-order valence-corrected chi connectivity index (χ4v) is 3.28. The van der Waals surface area contributed by atoms with E-state index in [4.69, 9.17) is 4.74 Å². The Morgan fingerprint density at radius 1 is 0.914 bits per heavy atom. The largest absolute Gasteiger partial charge is 0.445 e. The van der Waals surface area contributed by atoms with Crippen LogP contribution >= 0.6 is 0 Å². The van der Waals surface area contributed by atoms with Crippen molar-refractivity contribution in [2.24, 2.45) is 0 Å². The molecule has 35 heavy (non-hydrogen) atoms. The van der Waals surface area contributed by atoms with Crippen LogP contribution in [0.15, 0.2) is 72.8 Å². The zero-order chi connectivity index (χ0) is 24.6. The lowest BCUT2D eigenvalue weighted by atomic mass is 10.2. The Morgan fingerprint density at radius 3 is 2.31 bits per heavy atom. The summed E-state index contributed by atoms with van der Waals surface area (Å²) in [5.41, 5.74) is 4.13. The smallest absolute Gasteiger partial charge is 0.407 e. The summed E-state index contributed by atoms with van der Waals surface area (Å²) in [6.45, 7) is 3.82. The zero-order valence-corrected chi connectivity index (χ0v) is 19.4. The summed E-state index contributed by atoms with van der Waals surface area (Å²) in [5, 5.41) is 21.1. The second-order valence-corrected chi connectivity index (χ2v) is 7.78. The molecule has 2 aromatic heterocycles. The molecular formula is C25H25N7O3. The third kappa shape index (κ3) is 6.64. The summed E-state index contributed by atoms with van der Waals surface area (Å²) in [7, 11) is 0. The molecule has 0 spiro atoms. The van der Waals surface area contributed by atoms with Gasteiger partial charge < -0.3 is 20.7 Å². The molecule has 2 heterocycles. The molecule has 0 unspecified atom stereocenters. The van der Waals surface area contributed by atoms with E-state index in [-0.39, 0.29) is 19.1 Å². The highest BCUT2D eigenvalue weighted by atomic mass is 16.5. The molecule has 0 atom stereocenters. The number of hydrogen-bond donors (Lipinski definition) is 3. The maximum Gasteiger partial charge on any atom is 0.407 e. The lowest BCUT2D eigenvalue weighted by molar-refractivity contribution is -0.115. The van der Waals surface area contributed by atoms with E-state index in [2.05, 4.69) is 31.2 Å². The van der Waals surface area contributed by atoms with Crippen molar-refractivity contribution in [2.45, 2.75) is 20.5 Å². The summed E-state index contributed by atoms with van der Waals surface area (Å²) in [6, 6.07) is 22.0. The van der Waals surface area contributed by atoms with Crippen LogP contribution in [0.5, 0.6) is 0 Å². The van der Waals surface area contributed by atoms with Gasteiger partial charge in [0.25, 0.3) is 0 Å². The summed E-state index contributed by atoms with van der Waals surface area (Å²) in [4.78, 5) is 23.9. The highest BCUT2D eigenvalue weighted by Gasteiger charge is 2.08. The molecule has 0 saturated carbocycles. The first-order chi connectivity index (χ1) is 17.0. The second-order valence-electron chi connectivity index (χ2n) is 7.78. The third-order valence-electron chi connectivity index (χ3n) is 4.92. The molecule has 10 heteroatoms. The normalized spacial score (nSPS) is 10.5. The van der Waals surface area contributed by atoms with Crippen LogP contribution in [-0.2, 0) is 16.1 Å². The third-order valence-corrected chi connectivity index (χ3v) is 4.92. The van der Waals surface area contributed by atoms with Crippen molar-refractivity contribution in [3.63, 3.8) is 0 Å². The molecule has 10 nitrogen and oxygen atoms in total. The number of benzene rings is 2. The fourth-order valence-electron chi connectivity index (χ4n) is 3.28. The van der Waals surface area contributed by atoms with E-state index in [9.17, 15) is 9.59 Å². The van der Waals surface area contributed by atoms with Crippen LogP contribution in [0.25, 0.3) is 5.82 Å². The number of carbonyl (C=O) groups is 2. The molecule has 0 aliphatic rings. The fraction of sp³-hybridized carbons (Fsp3) is 0.160. The first-order valence-corrected chi connectivity index (χ1v) is 10.9. The van der Waals surface area contributed by atoms with Crippen molar-refractivity contribution < 1.29 is 14.3 Å². The van der Waals surface area contributed by atoms with Gasteiger partial charge in [0.15, 0.2) is 11.6 Å². The van der Waals surface area contributed by atoms with Gasteiger partial charge in [0.1, 0.15) is 13.2 Å². The first kappa shape index (κ1) is 23.4. The SMILES string of the molecule is Cc1cc(C)n(-c2ccc(Nc3ccc(NC(=O)CNC(=O)OCc4ccccc4)cc3)nn2)n1. The predicted octanol–water partition coefficient (Wildman–Crippen LogP) is 3.89. The van der Waals surface area contributed by atoms with Crippen LogP contribution in [0.4, 0.5) is 22.0 Å². The van der Waals surface area contributed by atoms with Crippen LogP contribution in [0.2, 0.25) is 0 Å². The maximum absolute atomic E-state index is 12.1. The molecule has 0 fully saturated rings. The molecule has 0 aliphatic carbocycles. The van der Waals surface area contributed by atoms with E-state index >= 15 is 0 Å². The predicted molar refractivity (Wildman–Crippen MR) is 132 cm³/mol. The van der Waals surface area contributed by atoms with Gasteiger partial charge in [0.05, 0.1) is 5.69 Å². The van der Waals surface area contributed by atoms with Crippen molar-refractivity contribution in [1.82, 2.24) is 25.3 Å². The lowest BCUT2D eigenvalue weighted by Crippen LogP contribution is -2.33. The monoisotopic (exact) mass is 471 g/mol. The molecule has 0 bridgehead atoms. The summed E-state index contributed by atoms with van der Waals surface area (Å²) < 4.78 is 6.82. The van der Waals surface area contributed by atoms with Gasteiger partial charge in [-0.3, -0.25) is 4.79 Å². The molecule has 3 N–H and O–H groups in total.